The Bertz CT molecular complexity index is 656. The molecule has 190 valence electrons. The second-order valence-electron chi connectivity index (χ2n) is 10.7. The van der Waals surface area contributed by atoms with Gasteiger partial charge in [0, 0.05) is 51.7 Å². The van der Waals surface area contributed by atoms with Gasteiger partial charge in [-0.25, -0.2) is 0 Å². The molecule has 0 aromatic carbocycles. The molecule has 1 aliphatic heterocycles. The molecule has 3 fully saturated rings. The maximum absolute atomic E-state index is 12.9. The maximum Gasteiger partial charge on any atom is 0.223 e. The van der Waals surface area contributed by atoms with Crippen LogP contribution in [0.5, 0.6) is 0 Å². The van der Waals surface area contributed by atoms with Crippen LogP contribution in [0.1, 0.15) is 52.9 Å². The highest BCUT2D eigenvalue weighted by atomic mass is 16.5. The summed E-state index contributed by atoms with van der Waals surface area (Å²) in [4.78, 5) is 27.5. The van der Waals surface area contributed by atoms with Crippen LogP contribution < -0.4 is 10.6 Å². The number of amides is 2. The number of aliphatic hydroxyl groups is 1. The third-order valence-corrected chi connectivity index (χ3v) is 8.65. The lowest BCUT2D eigenvalue weighted by Gasteiger charge is -2.56. The molecule has 1 heterocycles. The Morgan fingerprint density at radius 2 is 1.94 bits per heavy atom. The smallest absolute Gasteiger partial charge is 0.223 e. The minimum absolute atomic E-state index is 0.00664. The molecule has 0 aromatic rings. The fraction of sp³-hybridized carbons (Fsp3) is 0.920. The van der Waals surface area contributed by atoms with E-state index in [4.69, 9.17) is 9.47 Å². The van der Waals surface area contributed by atoms with E-state index in [1.165, 1.54) is 0 Å². The second-order valence-corrected chi connectivity index (χ2v) is 10.7. The van der Waals surface area contributed by atoms with Gasteiger partial charge in [0.15, 0.2) is 0 Å². The van der Waals surface area contributed by atoms with Gasteiger partial charge in [-0.1, -0.05) is 20.8 Å². The number of fused-ring (bicyclic) bond motifs is 1. The average molecular weight is 468 g/mol. The lowest BCUT2D eigenvalue weighted by molar-refractivity contribution is -0.144. The van der Waals surface area contributed by atoms with Crippen molar-refractivity contribution in [3.8, 4) is 0 Å². The zero-order valence-corrected chi connectivity index (χ0v) is 21.0. The number of rotatable bonds is 9. The zero-order valence-electron chi connectivity index (χ0n) is 21.0. The van der Waals surface area contributed by atoms with Crippen LogP contribution in [0, 0.1) is 29.1 Å². The molecule has 1 unspecified atom stereocenters. The molecule has 2 aliphatic carbocycles. The van der Waals surface area contributed by atoms with Crippen LogP contribution in [-0.2, 0) is 19.1 Å². The first-order valence-corrected chi connectivity index (χ1v) is 12.8. The normalized spacial score (nSPS) is 36.0. The Hall–Kier alpha value is -1.22. The standard InChI is InChI=1S/C25H45N3O5/c1-17(24(31)26-10-11-28-12-15-33-16-13-28)19-5-8-25(3)9-6-20(18(2)22(25)23(19)30)27-21(29)7-14-32-4/h17-20,22-23,30H,5-16H2,1-4H3,(H,26,31)(H,27,29)/t17-,18+,19?,20-,22+,23-,25-/m0/s1. The van der Waals surface area contributed by atoms with Crippen molar-refractivity contribution in [3.63, 3.8) is 0 Å². The van der Waals surface area contributed by atoms with E-state index in [2.05, 4.69) is 29.4 Å². The van der Waals surface area contributed by atoms with Crippen molar-refractivity contribution < 1.29 is 24.2 Å². The van der Waals surface area contributed by atoms with Gasteiger partial charge in [0.05, 0.1) is 25.9 Å². The number of nitrogens with one attached hydrogen (secondary N) is 2. The molecule has 3 N–H and O–H groups in total. The molecular weight excluding hydrogens is 422 g/mol. The average Bonchev–Trinajstić information content (AvgIpc) is 2.80. The second kappa shape index (κ2) is 12.0. The number of ether oxygens (including phenoxy) is 2. The summed E-state index contributed by atoms with van der Waals surface area (Å²) in [5.74, 6) is -0.0307. The quantitative estimate of drug-likeness (QED) is 0.474. The predicted molar refractivity (Wildman–Crippen MR) is 127 cm³/mol. The molecule has 0 spiro atoms. The monoisotopic (exact) mass is 467 g/mol. The minimum Gasteiger partial charge on any atom is -0.392 e. The molecule has 8 nitrogen and oxygen atoms in total. The van der Waals surface area contributed by atoms with Crippen LogP contribution in [-0.4, -0.2) is 87.1 Å². The van der Waals surface area contributed by atoms with Gasteiger partial charge in [0.25, 0.3) is 0 Å². The summed E-state index contributed by atoms with van der Waals surface area (Å²) in [5, 5.41) is 17.8. The van der Waals surface area contributed by atoms with E-state index < -0.39 is 6.10 Å². The zero-order chi connectivity index (χ0) is 24.0. The molecule has 3 rings (SSSR count). The largest absolute Gasteiger partial charge is 0.392 e. The molecule has 0 aromatic heterocycles. The summed E-state index contributed by atoms with van der Waals surface area (Å²) in [6.45, 7) is 11.6. The van der Waals surface area contributed by atoms with Crippen molar-refractivity contribution >= 4 is 11.8 Å². The van der Waals surface area contributed by atoms with Crippen LogP contribution >= 0.6 is 0 Å². The van der Waals surface area contributed by atoms with Gasteiger partial charge in [-0.15, -0.1) is 0 Å². The third kappa shape index (κ3) is 6.47. The Kier molecular flexibility index (Phi) is 9.56. The first-order chi connectivity index (χ1) is 15.8. The van der Waals surface area contributed by atoms with Crippen molar-refractivity contribution in [1.29, 1.82) is 0 Å². The molecule has 0 radical (unpaired) electrons. The number of morpholine rings is 1. The lowest BCUT2D eigenvalue weighted by Crippen LogP contribution is -2.58. The number of aliphatic hydroxyl groups excluding tert-OH is 1. The highest BCUT2D eigenvalue weighted by Gasteiger charge is 2.53. The van der Waals surface area contributed by atoms with Crippen molar-refractivity contribution in [1.82, 2.24) is 15.5 Å². The highest BCUT2D eigenvalue weighted by Crippen LogP contribution is 2.55. The van der Waals surface area contributed by atoms with Gasteiger partial charge < -0.3 is 25.2 Å². The van der Waals surface area contributed by atoms with Crippen LogP contribution in [0.3, 0.4) is 0 Å². The van der Waals surface area contributed by atoms with E-state index in [1.54, 1.807) is 7.11 Å². The maximum atomic E-state index is 12.9. The van der Waals surface area contributed by atoms with Crippen LogP contribution in [0.15, 0.2) is 0 Å². The van der Waals surface area contributed by atoms with E-state index in [9.17, 15) is 14.7 Å². The minimum atomic E-state index is -0.544. The van der Waals surface area contributed by atoms with Crippen molar-refractivity contribution in [3.05, 3.63) is 0 Å². The molecule has 0 bridgehead atoms. The van der Waals surface area contributed by atoms with Gasteiger partial charge in [-0.2, -0.15) is 0 Å². The Morgan fingerprint density at radius 3 is 2.64 bits per heavy atom. The first kappa shape index (κ1) is 26.4. The van der Waals surface area contributed by atoms with Crippen LogP contribution in [0.25, 0.3) is 0 Å². The Morgan fingerprint density at radius 1 is 1.24 bits per heavy atom. The first-order valence-electron chi connectivity index (χ1n) is 12.8. The van der Waals surface area contributed by atoms with E-state index >= 15 is 0 Å². The number of hydrogen-bond donors (Lipinski definition) is 3. The molecule has 33 heavy (non-hydrogen) atoms. The Labute approximate surface area is 199 Å². The number of nitrogens with zero attached hydrogens (tertiary/aromatic N) is 1. The molecule has 1 saturated heterocycles. The Balaban J connectivity index is 1.56. The number of carbonyl (C=O) groups excluding carboxylic acids is 2. The summed E-state index contributed by atoms with van der Waals surface area (Å²) in [7, 11) is 1.60. The molecule has 8 heteroatoms. The molecular formula is C25H45N3O5. The third-order valence-electron chi connectivity index (χ3n) is 8.65. The van der Waals surface area contributed by atoms with Gasteiger partial charge in [-0.3, -0.25) is 14.5 Å². The summed E-state index contributed by atoms with van der Waals surface area (Å²) in [5.41, 5.74) is 0.0512. The van der Waals surface area contributed by atoms with Crippen LogP contribution in [0.4, 0.5) is 0 Å². The summed E-state index contributed by atoms with van der Waals surface area (Å²) in [6.07, 6.45) is 3.61. The van der Waals surface area contributed by atoms with Crippen molar-refractivity contribution in [2.24, 2.45) is 29.1 Å². The predicted octanol–water partition coefficient (Wildman–Crippen LogP) is 1.42. The van der Waals surface area contributed by atoms with Gasteiger partial charge in [0.1, 0.15) is 0 Å². The van der Waals surface area contributed by atoms with E-state index in [0.717, 1.165) is 58.5 Å². The van der Waals surface area contributed by atoms with Gasteiger partial charge in [0.2, 0.25) is 11.8 Å². The molecule has 7 atom stereocenters. The highest BCUT2D eigenvalue weighted by molar-refractivity contribution is 5.78. The number of carbonyl (C=O) groups is 2. The number of methoxy groups -OCH3 is 1. The molecule has 2 saturated carbocycles. The van der Waals surface area contributed by atoms with E-state index in [0.29, 0.717) is 19.6 Å². The fourth-order valence-corrected chi connectivity index (χ4v) is 6.49. The van der Waals surface area contributed by atoms with E-state index in [-0.39, 0.29) is 46.9 Å². The van der Waals surface area contributed by atoms with Gasteiger partial charge >= 0.3 is 0 Å². The van der Waals surface area contributed by atoms with Crippen molar-refractivity contribution in [2.45, 2.75) is 65.0 Å². The molecule has 2 amide bonds. The van der Waals surface area contributed by atoms with E-state index in [1.807, 2.05) is 6.92 Å². The van der Waals surface area contributed by atoms with Crippen molar-refractivity contribution in [2.75, 3.05) is 53.1 Å². The SMILES string of the molecule is COCCC(=O)N[C@H]1CC[C@]2(C)CCC([C@H](C)C(=O)NCCN3CCOCC3)[C@H](O)[C@H]2[C@@H]1C. The molecule has 3 aliphatic rings. The fourth-order valence-electron chi connectivity index (χ4n) is 6.49. The number of hydrogen-bond acceptors (Lipinski definition) is 6. The summed E-state index contributed by atoms with van der Waals surface area (Å²) < 4.78 is 10.4. The van der Waals surface area contributed by atoms with Crippen LogP contribution in [0.2, 0.25) is 0 Å². The lowest BCUT2D eigenvalue weighted by atomic mass is 9.51. The van der Waals surface area contributed by atoms with Gasteiger partial charge in [-0.05, 0) is 48.9 Å². The summed E-state index contributed by atoms with van der Waals surface area (Å²) in [6, 6.07) is 0.0542. The summed E-state index contributed by atoms with van der Waals surface area (Å²) >= 11 is 0. The topological polar surface area (TPSA) is 100 Å².